The lowest BCUT2D eigenvalue weighted by Crippen LogP contribution is -2.15. The molecule has 186 valence electrons. The minimum atomic E-state index is -0.298. The number of aryl methyl sites for hydroxylation is 1. The molecule has 0 amide bonds. The molecule has 3 rings (SSSR count). The van der Waals surface area contributed by atoms with E-state index in [0.717, 1.165) is 0 Å². The number of methoxy groups -OCH3 is 5. The number of carbonyl (C=O) groups is 1. The molecule has 8 heteroatoms. The number of benzene rings is 2. The molecule has 0 N–H and O–H groups in total. The normalized spacial score (nSPS) is 10.6. The predicted octanol–water partition coefficient (Wildman–Crippen LogP) is 4.43. The van der Waals surface area contributed by atoms with Gasteiger partial charge in [-0.1, -0.05) is 0 Å². The molecule has 0 saturated carbocycles. The molecule has 1 heterocycles. The highest BCUT2D eigenvalue weighted by atomic mass is 16.6. The first-order chi connectivity index (χ1) is 16.7. The van der Waals surface area contributed by atoms with Crippen LogP contribution in [0.4, 0.5) is 0 Å². The zero-order valence-corrected chi connectivity index (χ0v) is 21.3. The summed E-state index contributed by atoms with van der Waals surface area (Å²) in [5, 5.41) is 0. The van der Waals surface area contributed by atoms with Crippen molar-refractivity contribution in [3.8, 4) is 28.9 Å². The lowest BCUT2D eigenvalue weighted by atomic mass is 9.88. The van der Waals surface area contributed by atoms with Crippen LogP contribution in [-0.2, 0) is 6.42 Å². The monoisotopic (exact) mass is 482 g/mol. The minimum absolute atomic E-state index is 0.0798. The van der Waals surface area contributed by atoms with Gasteiger partial charge in [0, 0.05) is 24.1 Å². The molecule has 3 aromatic rings. The van der Waals surface area contributed by atoms with Crippen molar-refractivity contribution in [2.75, 3.05) is 35.5 Å². The topological polar surface area (TPSA) is 93.4 Å². The molecule has 0 aliphatic heterocycles. The smallest absolute Gasteiger partial charge is 0.288 e. The van der Waals surface area contributed by atoms with Crippen LogP contribution >= 0.6 is 0 Å². The third-order valence-corrected chi connectivity index (χ3v) is 5.98. The molecule has 0 spiro atoms. The van der Waals surface area contributed by atoms with E-state index in [1.54, 1.807) is 26.4 Å². The summed E-state index contributed by atoms with van der Waals surface area (Å²) < 4.78 is 33.1. The van der Waals surface area contributed by atoms with E-state index >= 15 is 0 Å². The molecule has 8 nitrogen and oxygen atoms in total. The van der Waals surface area contributed by atoms with Crippen LogP contribution in [-0.4, -0.2) is 41.3 Å². The molecule has 0 aliphatic carbocycles. The molecule has 0 unspecified atom stereocenters. The van der Waals surface area contributed by atoms with Crippen LogP contribution in [0.25, 0.3) is 0 Å². The molecular formula is C27H30O8. The maximum absolute atomic E-state index is 14.2. The highest BCUT2D eigenvalue weighted by Gasteiger charge is 2.29. The van der Waals surface area contributed by atoms with Crippen molar-refractivity contribution < 1.29 is 32.9 Å². The molecule has 1 aromatic heterocycles. The highest BCUT2D eigenvalue weighted by molar-refractivity contribution is 6.15. The predicted molar refractivity (Wildman–Crippen MR) is 131 cm³/mol. The van der Waals surface area contributed by atoms with Gasteiger partial charge in [-0.05, 0) is 43.5 Å². The van der Waals surface area contributed by atoms with Crippen molar-refractivity contribution in [2.45, 2.75) is 27.2 Å². The molecule has 0 fully saturated rings. The Bertz CT molecular complexity index is 1320. The van der Waals surface area contributed by atoms with Gasteiger partial charge in [0.1, 0.15) is 28.8 Å². The first kappa shape index (κ1) is 25.7. The first-order valence-corrected chi connectivity index (χ1v) is 10.9. The Morgan fingerprint density at radius 1 is 0.743 bits per heavy atom. The molecule has 0 radical (unpaired) electrons. The standard InChI is InChI=1S/C27H30O8/c1-14-9-20(30-4)16(3)27(34-8)24(14)26(29)25-19(15(2)21(31-5)13-22(25)32-6)12-18-10-17(28)11-23(33-7)35-18/h9-11,13H,12H2,1-8H3. The number of ketones is 1. The summed E-state index contributed by atoms with van der Waals surface area (Å²) in [4.78, 5) is 26.3. The van der Waals surface area contributed by atoms with Crippen molar-refractivity contribution in [1.82, 2.24) is 0 Å². The van der Waals surface area contributed by atoms with Gasteiger partial charge in [-0.15, -0.1) is 0 Å². The van der Waals surface area contributed by atoms with Crippen molar-refractivity contribution in [3.05, 3.63) is 73.6 Å². The summed E-state index contributed by atoms with van der Waals surface area (Å²) in [6.45, 7) is 5.49. The average Bonchev–Trinajstić information content (AvgIpc) is 2.84. The van der Waals surface area contributed by atoms with Crippen LogP contribution in [0.5, 0.6) is 28.9 Å². The van der Waals surface area contributed by atoms with Gasteiger partial charge in [-0.3, -0.25) is 9.59 Å². The fourth-order valence-electron chi connectivity index (χ4n) is 4.22. The Morgan fingerprint density at radius 2 is 1.37 bits per heavy atom. The quantitative estimate of drug-likeness (QED) is 0.414. The maximum atomic E-state index is 14.2. The summed E-state index contributed by atoms with van der Waals surface area (Å²) in [5.74, 6) is 2.01. The average molecular weight is 483 g/mol. The van der Waals surface area contributed by atoms with E-state index < -0.39 is 0 Å². The number of rotatable bonds is 9. The third-order valence-electron chi connectivity index (χ3n) is 5.98. The van der Waals surface area contributed by atoms with Gasteiger partial charge in [0.2, 0.25) is 5.78 Å². The molecule has 35 heavy (non-hydrogen) atoms. The van der Waals surface area contributed by atoms with E-state index in [1.165, 1.54) is 33.5 Å². The maximum Gasteiger partial charge on any atom is 0.288 e. The Kier molecular flexibility index (Phi) is 7.74. The van der Waals surface area contributed by atoms with Crippen LogP contribution in [0, 0.1) is 20.8 Å². The summed E-state index contributed by atoms with van der Waals surface area (Å²) >= 11 is 0. The zero-order chi connectivity index (χ0) is 25.9. The zero-order valence-electron chi connectivity index (χ0n) is 21.3. The van der Waals surface area contributed by atoms with Crippen LogP contribution in [0.3, 0.4) is 0 Å². The van der Waals surface area contributed by atoms with E-state index in [0.29, 0.717) is 62.1 Å². The molecule has 0 aliphatic rings. The lowest BCUT2D eigenvalue weighted by molar-refractivity contribution is 0.103. The van der Waals surface area contributed by atoms with Gasteiger partial charge in [0.15, 0.2) is 5.43 Å². The fourth-order valence-corrected chi connectivity index (χ4v) is 4.22. The Morgan fingerprint density at radius 3 is 1.94 bits per heavy atom. The van der Waals surface area contributed by atoms with Gasteiger partial charge in [-0.2, -0.15) is 0 Å². The summed E-state index contributed by atoms with van der Waals surface area (Å²) in [5.41, 5.74) is 3.13. The van der Waals surface area contributed by atoms with Crippen molar-refractivity contribution >= 4 is 5.78 Å². The molecule has 0 atom stereocenters. The Labute approximate surface area is 204 Å². The van der Waals surface area contributed by atoms with Gasteiger partial charge >= 0.3 is 0 Å². The second-order valence-corrected chi connectivity index (χ2v) is 7.98. The lowest BCUT2D eigenvalue weighted by Gasteiger charge is -2.21. The third kappa shape index (κ3) is 4.82. The van der Waals surface area contributed by atoms with Gasteiger partial charge < -0.3 is 28.1 Å². The number of hydrogen-bond donors (Lipinski definition) is 0. The van der Waals surface area contributed by atoms with E-state index in [1.807, 2.05) is 20.8 Å². The molecular weight excluding hydrogens is 452 g/mol. The fraction of sp³-hybridized carbons (Fsp3) is 0.333. The SMILES string of the molecule is COc1cc(=O)cc(Cc2c(C)c(OC)cc(OC)c2C(=O)c2c(C)cc(OC)c(C)c2OC)o1. The summed E-state index contributed by atoms with van der Waals surface area (Å²) in [6, 6.07) is 6.09. The van der Waals surface area contributed by atoms with E-state index in [9.17, 15) is 9.59 Å². The van der Waals surface area contributed by atoms with Crippen LogP contribution in [0.15, 0.2) is 33.5 Å². The van der Waals surface area contributed by atoms with Gasteiger partial charge in [-0.25, -0.2) is 0 Å². The van der Waals surface area contributed by atoms with Crippen molar-refractivity contribution in [2.24, 2.45) is 0 Å². The second kappa shape index (κ2) is 10.5. The van der Waals surface area contributed by atoms with Crippen LogP contribution in [0.2, 0.25) is 0 Å². The molecule has 0 saturated heterocycles. The summed E-state index contributed by atoms with van der Waals surface area (Å²) in [6.07, 6.45) is 0.128. The van der Waals surface area contributed by atoms with E-state index in [4.69, 9.17) is 28.1 Å². The Hall–Kier alpha value is -3.94. The molecule has 2 aromatic carbocycles. The van der Waals surface area contributed by atoms with Crippen molar-refractivity contribution in [1.29, 1.82) is 0 Å². The van der Waals surface area contributed by atoms with Crippen LogP contribution in [0.1, 0.15) is 43.9 Å². The first-order valence-electron chi connectivity index (χ1n) is 10.9. The minimum Gasteiger partial charge on any atom is -0.496 e. The highest BCUT2D eigenvalue weighted by Crippen LogP contribution is 2.40. The number of ether oxygens (including phenoxy) is 5. The summed E-state index contributed by atoms with van der Waals surface area (Å²) in [7, 11) is 7.52. The largest absolute Gasteiger partial charge is 0.496 e. The van der Waals surface area contributed by atoms with Crippen molar-refractivity contribution in [3.63, 3.8) is 0 Å². The van der Waals surface area contributed by atoms with Gasteiger partial charge in [0.25, 0.3) is 5.95 Å². The number of hydrogen-bond acceptors (Lipinski definition) is 8. The second-order valence-electron chi connectivity index (χ2n) is 7.98. The number of carbonyl (C=O) groups excluding carboxylic acids is 1. The molecule has 0 bridgehead atoms. The van der Waals surface area contributed by atoms with E-state index in [-0.39, 0.29) is 23.6 Å². The van der Waals surface area contributed by atoms with Gasteiger partial charge in [0.05, 0.1) is 52.7 Å². The Balaban J connectivity index is 2.33. The van der Waals surface area contributed by atoms with E-state index in [2.05, 4.69) is 0 Å². The van der Waals surface area contributed by atoms with Crippen LogP contribution < -0.4 is 29.1 Å².